The van der Waals surface area contributed by atoms with Crippen molar-refractivity contribution in [1.29, 1.82) is 0 Å². The second-order valence-corrected chi connectivity index (χ2v) is 11.4. The predicted molar refractivity (Wildman–Crippen MR) is 130 cm³/mol. The molecule has 0 fully saturated rings. The number of hydrogen-bond acceptors (Lipinski definition) is 6. The van der Waals surface area contributed by atoms with Crippen LogP contribution in [-0.4, -0.2) is 29.6 Å². The number of nitrogens with one attached hydrogen (secondary N) is 1. The molecule has 1 N–H and O–H groups in total. The summed E-state index contributed by atoms with van der Waals surface area (Å²) in [5, 5.41) is 0.844. The zero-order chi connectivity index (χ0) is 22.3. The molecular formula is C22H17BrN4O3S2. The Bertz CT molecular complexity index is 1490. The summed E-state index contributed by atoms with van der Waals surface area (Å²) in [5.74, 6) is 1.36. The molecule has 0 atom stereocenters. The van der Waals surface area contributed by atoms with Gasteiger partial charge in [-0.3, -0.25) is 4.31 Å². The molecule has 7 nitrogen and oxygen atoms in total. The van der Waals surface area contributed by atoms with Gasteiger partial charge in [0.2, 0.25) is 10.0 Å². The Morgan fingerprint density at radius 1 is 1.16 bits per heavy atom. The van der Waals surface area contributed by atoms with Crippen molar-refractivity contribution in [1.82, 2.24) is 15.0 Å². The quantitative estimate of drug-likeness (QED) is 0.306. The number of furan rings is 1. The monoisotopic (exact) mass is 528 g/mol. The minimum atomic E-state index is -3.54. The highest BCUT2D eigenvalue weighted by Gasteiger charge is 2.23. The molecule has 3 heterocycles. The van der Waals surface area contributed by atoms with Gasteiger partial charge in [0.1, 0.15) is 17.2 Å². The van der Waals surface area contributed by atoms with Gasteiger partial charge in [0.15, 0.2) is 3.92 Å². The standard InChI is InChI=1S/C22H17BrN4O3S2/c1-32(28,29)27(13-16-12-26-22(23)31-16)15-7-8-17-18(11-15)30-20(14-5-3-2-4-6-14)19(17)21-24-9-10-25-21/h2-12H,13H2,1H3,(H,24,25). The van der Waals surface area contributed by atoms with Crippen LogP contribution in [0.25, 0.3) is 33.7 Å². The molecule has 0 saturated heterocycles. The highest BCUT2D eigenvalue weighted by atomic mass is 79.9. The van der Waals surface area contributed by atoms with Crippen LogP contribution in [0.15, 0.2) is 75.5 Å². The van der Waals surface area contributed by atoms with Crippen LogP contribution in [-0.2, 0) is 16.6 Å². The van der Waals surface area contributed by atoms with Crippen molar-refractivity contribution < 1.29 is 12.8 Å². The first-order valence-corrected chi connectivity index (χ1v) is 13.1. The van der Waals surface area contributed by atoms with Crippen LogP contribution in [0.2, 0.25) is 0 Å². The number of anilines is 1. The third kappa shape index (κ3) is 3.96. The van der Waals surface area contributed by atoms with Crippen molar-refractivity contribution in [2.75, 3.05) is 10.6 Å². The van der Waals surface area contributed by atoms with E-state index in [9.17, 15) is 8.42 Å². The molecule has 32 heavy (non-hydrogen) atoms. The maximum Gasteiger partial charge on any atom is 0.232 e. The normalized spacial score (nSPS) is 11.8. The van der Waals surface area contributed by atoms with Gasteiger partial charge in [0, 0.05) is 40.5 Å². The fourth-order valence-electron chi connectivity index (χ4n) is 3.57. The Morgan fingerprint density at radius 3 is 2.62 bits per heavy atom. The minimum absolute atomic E-state index is 0.185. The Labute approximate surface area is 196 Å². The number of imidazole rings is 1. The Balaban J connectivity index is 1.66. The van der Waals surface area contributed by atoms with Crippen LogP contribution >= 0.6 is 27.3 Å². The van der Waals surface area contributed by atoms with Gasteiger partial charge in [-0.2, -0.15) is 0 Å². The van der Waals surface area contributed by atoms with E-state index in [1.54, 1.807) is 30.7 Å². The second kappa shape index (κ2) is 8.19. The van der Waals surface area contributed by atoms with Gasteiger partial charge in [-0.25, -0.2) is 18.4 Å². The number of aromatic nitrogens is 3. The molecule has 2 aromatic carbocycles. The summed E-state index contributed by atoms with van der Waals surface area (Å²) in [6.07, 6.45) is 6.31. The van der Waals surface area contributed by atoms with E-state index in [1.165, 1.54) is 21.9 Å². The zero-order valence-electron chi connectivity index (χ0n) is 16.8. The summed E-state index contributed by atoms with van der Waals surface area (Å²) in [7, 11) is -3.54. The van der Waals surface area contributed by atoms with Crippen LogP contribution in [0.1, 0.15) is 4.88 Å². The lowest BCUT2D eigenvalue weighted by molar-refractivity contribution is 0.596. The molecule has 162 valence electrons. The molecule has 10 heteroatoms. The molecule has 5 aromatic rings. The Kier molecular flexibility index (Phi) is 5.36. The zero-order valence-corrected chi connectivity index (χ0v) is 20.0. The number of H-pyrrole nitrogens is 1. The maximum absolute atomic E-state index is 12.6. The highest BCUT2D eigenvalue weighted by molar-refractivity contribution is 9.11. The summed E-state index contributed by atoms with van der Waals surface area (Å²) >= 11 is 4.72. The van der Waals surface area contributed by atoms with Gasteiger partial charge < -0.3 is 9.40 Å². The molecule has 0 spiro atoms. The van der Waals surface area contributed by atoms with E-state index in [4.69, 9.17) is 4.42 Å². The Morgan fingerprint density at radius 2 is 1.97 bits per heavy atom. The van der Waals surface area contributed by atoms with Crippen molar-refractivity contribution >= 4 is 53.9 Å². The van der Waals surface area contributed by atoms with Crippen molar-refractivity contribution in [2.24, 2.45) is 0 Å². The highest BCUT2D eigenvalue weighted by Crippen LogP contribution is 2.41. The molecular weight excluding hydrogens is 512 g/mol. The number of fused-ring (bicyclic) bond motifs is 1. The summed E-state index contributed by atoms with van der Waals surface area (Å²) < 4.78 is 33.6. The largest absolute Gasteiger partial charge is 0.455 e. The number of hydrogen-bond donors (Lipinski definition) is 1. The van der Waals surface area contributed by atoms with E-state index < -0.39 is 10.0 Å². The van der Waals surface area contributed by atoms with E-state index in [0.29, 0.717) is 26.8 Å². The fraction of sp³-hybridized carbons (Fsp3) is 0.0909. The average Bonchev–Trinajstić information content (AvgIpc) is 3.50. The molecule has 0 aliphatic heterocycles. The van der Waals surface area contributed by atoms with Gasteiger partial charge >= 0.3 is 0 Å². The first-order chi connectivity index (χ1) is 15.4. The maximum atomic E-state index is 12.6. The van der Waals surface area contributed by atoms with Crippen LogP contribution in [0, 0.1) is 0 Å². The van der Waals surface area contributed by atoms with Crippen molar-refractivity contribution in [3.8, 4) is 22.7 Å². The molecule has 5 rings (SSSR count). The van der Waals surface area contributed by atoms with E-state index in [-0.39, 0.29) is 6.54 Å². The van der Waals surface area contributed by atoms with Gasteiger partial charge in [-0.15, -0.1) is 11.3 Å². The number of nitrogens with zero attached hydrogens (tertiary/aromatic N) is 3. The van der Waals surface area contributed by atoms with E-state index in [1.807, 2.05) is 36.4 Å². The van der Waals surface area contributed by atoms with Crippen LogP contribution < -0.4 is 4.31 Å². The molecule has 0 saturated carbocycles. The summed E-state index contributed by atoms with van der Waals surface area (Å²) in [6, 6.07) is 15.2. The minimum Gasteiger partial charge on any atom is -0.455 e. The number of halogens is 1. The summed E-state index contributed by atoms with van der Waals surface area (Å²) in [6.45, 7) is 0.185. The smallest absolute Gasteiger partial charge is 0.232 e. The fourth-order valence-corrected chi connectivity index (χ4v) is 5.87. The topological polar surface area (TPSA) is 92.1 Å². The third-order valence-corrected chi connectivity index (χ3v) is 7.56. The molecule has 0 bridgehead atoms. The van der Waals surface area contributed by atoms with E-state index >= 15 is 0 Å². The van der Waals surface area contributed by atoms with Crippen LogP contribution in [0.4, 0.5) is 5.69 Å². The predicted octanol–water partition coefficient (Wildman–Crippen LogP) is 5.68. The van der Waals surface area contributed by atoms with E-state index in [2.05, 4.69) is 30.9 Å². The average molecular weight is 529 g/mol. The molecule has 0 amide bonds. The first-order valence-electron chi connectivity index (χ1n) is 9.60. The number of rotatable bonds is 6. The molecule has 0 radical (unpaired) electrons. The number of aromatic amines is 1. The summed E-state index contributed by atoms with van der Waals surface area (Å²) in [5.41, 5.74) is 2.84. The Hall–Kier alpha value is -2.95. The number of benzene rings is 2. The number of thiazole rings is 1. The first kappa shape index (κ1) is 20.9. The van der Waals surface area contributed by atoms with Crippen molar-refractivity contribution in [2.45, 2.75) is 6.54 Å². The van der Waals surface area contributed by atoms with Gasteiger partial charge in [-0.05, 0) is 28.1 Å². The molecule has 0 aliphatic rings. The lowest BCUT2D eigenvalue weighted by atomic mass is 10.0. The SMILES string of the molecule is CS(=O)(=O)N(Cc1cnc(Br)s1)c1ccc2c(-c3ncc[nH]3)c(-c3ccccc3)oc2c1. The summed E-state index contributed by atoms with van der Waals surface area (Å²) in [4.78, 5) is 12.5. The van der Waals surface area contributed by atoms with Crippen LogP contribution in [0.5, 0.6) is 0 Å². The molecule has 0 unspecified atom stereocenters. The van der Waals surface area contributed by atoms with Crippen molar-refractivity contribution in [3.05, 3.63) is 75.9 Å². The molecule has 0 aliphatic carbocycles. The van der Waals surface area contributed by atoms with Crippen LogP contribution in [0.3, 0.4) is 0 Å². The second-order valence-electron chi connectivity index (χ2n) is 7.14. The van der Waals surface area contributed by atoms with Gasteiger partial charge in [0.25, 0.3) is 0 Å². The lowest BCUT2D eigenvalue weighted by Crippen LogP contribution is -2.28. The third-order valence-electron chi connectivity index (χ3n) is 4.96. The van der Waals surface area contributed by atoms with E-state index in [0.717, 1.165) is 21.4 Å². The van der Waals surface area contributed by atoms with Gasteiger partial charge in [0.05, 0.1) is 24.1 Å². The lowest BCUT2D eigenvalue weighted by Gasteiger charge is -2.21. The van der Waals surface area contributed by atoms with Crippen molar-refractivity contribution in [3.63, 3.8) is 0 Å². The number of sulfonamides is 1. The van der Waals surface area contributed by atoms with Gasteiger partial charge in [-0.1, -0.05) is 30.3 Å². The molecule has 3 aromatic heterocycles.